The molecule has 6 rings (SSSR count). The van der Waals surface area contributed by atoms with Crippen LogP contribution in [0.2, 0.25) is 0 Å². The van der Waals surface area contributed by atoms with Crippen LogP contribution in [0.5, 0.6) is 11.5 Å². The fourth-order valence-corrected chi connectivity index (χ4v) is 7.86. The summed E-state index contributed by atoms with van der Waals surface area (Å²) >= 11 is 0. The van der Waals surface area contributed by atoms with Crippen LogP contribution in [0.25, 0.3) is 6.08 Å². The van der Waals surface area contributed by atoms with Crippen molar-refractivity contribution >= 4 is 6.08 Å². The average Bonchev–Trinajstić information content (AvgIpc) is 3.31. The molecule has 0 amide bonds. The van der Waals surface area contributed by atoms with Crippen LogP contribution in [0.3, 0.4) is 0 Å². The predicted octanol–water partition coefficient (Wildman–Crippen LogP) is 5.09. The lowest BCUT2D eigenvalue weighted by Gasteiger charge is -2.57. The number of aliphatic hydroxyl groups is 2. The Morgan fingerprint density at radius 2 is 1.84 bits per heavy atom. The highest BCUT2D eigenvalue weighted by atomic mass is 16.7. The van der Waals surface area contributed by atoms with Crippen molar-refractivity contribution in [1.29, 1.82) is 0 Å². The summed E-state index contributed by atoms with van der Waals surface area (Å²) in [6.07, 6.45) is 11.4. The van der Waals surface area contributed by atoms with Crippen molar-refractivity contribution in [3.8, 4) is 11.5 Å². The van der Waals surface area contributed by atoms with Crippen LogP contribution in [0, 0.1) is 28.6 Å². The minimum Gasteiger partial charge on any atom is -0.454 e. The fourth-order valence-electron chi connectivity index (χ4n) is 7.86. The van der Waals surface area contributed by atoms with E-state index in [-0.39, 0.29) is 29.8 Å². The van der Waals surface area contributed by atoms with Gasteiger partial charge in [0.25, 0.3) is 0 Å². The molecule has 2 N–H and O–H groups in total. The van der Waals surface area contributed by atoms with Crippen molar-refractivity contribution in [1.82, 2.24) is 0 Å². The molecule has 7 atom stereocenters. The van der Waals surface area contributed by atoms with E-state index in [1.165, 1.54) is 17.6 Å². The third kappa shape index (κ3) is 2.87. The molecule has 5 aliphatic rings. The van der Waals surface area contributed by atoms with E-state index in [1.807, 2.05) is 12.1 Å². The minimum absolute atomic E-state index is 0.0424. The Morgan fingerprint density at radius 3 is 2.71 bits per heavy atom. The highest BCUT2D eigenvalue weighted by molar-refractivity contribution is 5.60. The van der Waals surface area contributed by atoms with Gasteiger partial charge in [-0.25, -0.2) is 0 Å². The van der Waals surface area contributed by atoms with Gasteiger partial charge in [0.05, 0.1) is 12.2 Å². The van der Waals surface area contributed by atoms with Gasteiger partial charge in [0, 0.05) is 5.41 Å². The van der Waals surface area contributed by atoms with Crippen molar-refractivity contribution in [2.45, 2.75) is 71.0 Å². The lowest BCUT2D eigenvalue weighted by atomic mass is 9.48. The molecule has 4 aliphatic carbocycles. The van der Waals surface area contributed by atoms with E-state index in [4.69, 9.17) is 9.47 Å². The minimum atomic E-state index is -0.379. The maximum absolute atomic E-state index is 11.4. The third-order valence-electron chi connectivity index (χ3n) is 9.70. The molecular weight excluding hydrogens is 388 g/mol. The van der Waals surface area contributed by atoms with Crippen LogP contribution >= 0.6 is 0 Å². The number of hydrogen-bond donors (Lipinski definition) is 2. The number of fused-ring (bicyclic) bond motifs is 6. The molecule has 1 aromatic carbocycles. The van der Waals surface area contributed by atoms with Gasteiger partial charge < -0.3 is 19.7 Å². The molecule has 0 bridgehead atoms. The van der Waals surface area contributed by atoms with Gasteiger partial charge in [0.2, 0.25) is 6.79 Å². The molecule has 31 heavy (non-hydrogen) atoms. The monoisotopic (exact) mass is 422 g/mol. The van der Waals surface area contributed by atoms with Gasteiger partial charge in [0.1, 0.15) is 0 Å². The Balaban J connectivity index is 1.31. The van der Waals surface area contributed by atoms with Gasteiger partial charge >= 0.3 is 0 Å². The summed E-state index contributed by atoms with van der Waals surface area (Å²) < 4.78 is 11.0. The van der Waals surface area contributed by atoms with Crippen molar-refractivity contribution in [3.63, 3.8) is 0 Å². The molecule has 0 radical (unpaired) electrons. The first-order chi connectivity index (χ1) is 14.9. The molecule has 3 saturated carbocycles. The molecule has 0 saturated heterocycles. The molecule has 0 spiro atoms. The number of hydrogen-bond acceptors (Lipinski definition) is 4. The Hall–Kier alpha value is -1.78. The molecule has 1 aliphatic heterocycles. The maximum Gasteiger partial charge on any atom is 0.231 e. The average molecular weight is 423 g/mol. The van der Waals surface area contributed by atoms with Gasteiger partial charge in [-0.15, -0.1) is 0 Å². The molecule has 4 heteroatoms. The zero-order chi connectivity index (χ0) is 21.4. The van der Waals surface area contributed by atoms with E-state index >= 15 is 0 Å². The Bertz CT molecular complexity index is 964. The van der Waals surface area contributed by atoms with E-state index in [0.29, 0.717) is 17.8 Å². The SMILES string of the molecule is C[C@]12CC[C@H](O)CC1=CCC1C2CC[C@@]2(C)C1C/C(=C\c1ccc3c(c1)OCO3)[C@@H]2O. The second-order valence-electron chi connectivity index (χ2n) is 11.1. The van der Waals surface area contributed by atoms with Crippen LogP contribution in [0.1, 0.15) is 64.4 Å². The van der Waals surface area contributed by atoms with E-state index in [0.717, 1.165) is 55.6 Å². The predicted molar refractivity (Wildman–Crippen MR) is 120 cm³/mol. The fraction of sp³-hybridized carbons (Fsp3) is 0.630. The van der Waals surface area contributed by atoms with E-state index in [2.05, 4.69) is 32.1 Å². The molecule has 0 aromatic heterocycles. The van der Waals surface area contributed by atoms with Crippen molar-refractivity contribution in [3.05, 3.63) is 41.0 Å². The number of benzene rings is 1. The third-order valence-corrected chi connectivity index (χ3v) is 9.70. The normalized spacial score (nSPS) is 44.5. The Morgan fingerprint density at radius 1 is 1.00 bits per heavy atom. The summed E-state index contributed by atoms with van der Waals surface area (Å²) in [6.45, 7) is 5.07. The summed E-state index contributed by atoms with van der Waals surface area (Å²) in [5.41, 5.74) is 3.95. The van der Waals surface area contributed by atoms with E-state index < -0.39 is 0 Å². The van der Waals surface area contributed by atoms with Crippen LogP contribution in [-0.2, 0) is 0 Å². The molecular formula is C27H34O4. The number of allylic oxidation sites excluding steroid dienone is 1. The first kappa shape index (κ1) is 19.9. The molecule has 1 aromatic rings. The van der Waals surface area contributed by atoms with Gasteiger partial charge in [-0.1, -0.05) is 37.6 Å². The van der Waals surface area contributed by atoms with Gasteiger partial charge in [-0.05, 0) is 91.4 Å². The van der Waals surface area contributed by atoms with E-state index in [9.17, 15) is 10.2 Å². The van der Waals surface area contributed by atoms with Crippen molar-refractivity contribution < 1.29 is 19.7 Å². The van der Waals surface area contributed by atoms with Crippen LogP contribution < -0.4 is 9.47 Å². The molecule has 1 heterocycles. The standard InChI is InChI=1S/C27H34O4/c1-26-9-7-19(28)14-18(26)4-5-20-21(26)8-10-27(2)22(20)13-17(25(27)29)11-16-3-6-23-24(12-16)31-15-30-23/h3-4,6,11-12,19-22,25,28-29H,5,7-10,13-15H2,1-2H3/b17-11+/t19-,20?,21?,22?,25-,26-,27-/m0/s1. The molecule has 4 nitrogen and oxygen atoms in total. The van der Waals surface area contributed by atoms with Gasteiger partial charge in [-0.2, -0.15) is 0 Å². The topological polar surface area (TPSA) is 58.9 Å². The maximum atomic E-state index is 11.4. The van der Waals surface area contributed by atoms with E-state index in [1.54, 1.807) is 0 Å². The summed E-state index contributed by atoms with van der Waals surface area (Å²) in [4.78, 5) is 0. The zero-order valence-electron chi connectivity index (χ0n) is 18.6. The number of aliphatic hydroxyl groups excluding tert-OH is 2. The lowest BCUT2D eigenvalue weighted by Crippen LogP contribution is -2.51. The number of rotatable bonds is 1. The van der Waals surface area contributed by atoms with Crippen molar-refractivity contribution in [2.24, 2.45) is 28.6 Å². The summed E-state index contributed by atoms with van der Waals surface area (Å²) in [5, 5.41) is 21.7. The zero-order valence-corrected chi connectivity index (χ0v) is 18.6. The van der Waals surface area contributed by atoms with Gasteiger partial charge in [-0.3, -0.25) is 0 Å². The quantitative estimate of drug-likeness (QED) is 0.619. The van der Waals surface area contributed by atoms with Crippen molar-refractivity contribution in [2.75, 3.05) is 6.79 Å². The Labute approximate surface area is 185 Å². The molecule has 3 unspecified atom stereocenters. The lowest BCUT2D eigenvalue weighted by molar-refractivity contribution is -0.0685. The second-order valence-corrected chi connectivity index (χ2v) is 11.1. The molecule has 166 valence electrons. The highest BCUT2D eigenvalue weighted by Crippen LogP contribution is 2.65. The first-order valence-corrected chi connectivity index (χ1v) is 12.0. The van der Waals surface area contributed by atoms with Gasteiger partial charge in [0.15, 0.2) is 11.5 Å². The van der Waals surface area contributed by atoms with Crippen LogP contribution in [0.4, 0.5) is 0 Å². The second kappa shape index (κ2) is 6.86. The smallest absolute Gasteiger partial charge is 0.231 e. The van der Waals surface area contributed by atoms with Crippen LogP contribution in [0.15, 0.2) is 35.4 Å². The number of ether oxygens (including phenoxy) is 2. The summed E-state index contributed by atoms with van der Waals surface area (Å²) in [7, 11) is 0. The summed E-state index contributed by atoms with van der Waals surface area (Å²) in [5.74, 6) is 3.41. The summed E-state index contributed by atoms with van der Waals surface area (Å²) in [6, 6.07) is 6.05. The largest absolute Gasteiger partial charge is 0.454 e. The first-order valence-electron chi connectivity index (χ1n) is 12.0. The molecule has 3 fully saturated rings. The Kier molecular flexibility index (Phi) is 4.40. The highest BCUT2D eigenvalue weighted by Gasteiger charge is 2.59. The van der Waals surface area contributed by atoms with Crippen LogP contribution in [-0.4, -0.2) is 29.2 Å².